The predicted octanol–water partition coefficient (Wildman–Crippen LogP) is 3.26. The summed E-state index contributed by atoms with van der Waals surface area (Å²) < 4.78 is 5.83. The van der Waals surface area contributed by atoms with Crippen LogP contribution in [0.4, 0.5) is 17.3 Å². The number of benzene rings is 1. The Morgan fingerprint density at radius 1 is 1.09 bits per heavy atom. The number of rotatable bonds is 4. The molecule has 9 heteroatoms. The number of pyridine rings is 1. The van der Waals surface area contributed by atoms with Crippen LogP contribution in [0.15, 0.2) is 48.9 Å². The fourth-order valence-electron chi connectivity index (χ4n) is 4.76. The quantitative estimate of drug-likeness (QED) is 0.643. The van der Waals surface area contributed by atoms with Gasteiger partial charge in [-0.25, -0.2) is 15.0 Å². The minimum Gasteiger partial charge on any atom is -0.474 e. The second-order valence-electron chi connectivity index (χ2n) is 9.37. The summed E-state index contributed by atoms with van der Waals surface area (Å²) in [5.41, 5.74) is 3.61. The highest BCUT2D eigenvalue weighted by Gasteiger charge is 2.60. The van der Waals surface area contributed by atoms with Crippen molar-refractivity contribution in [1.29, 1.82) is 0 Å². The summed E-state index contributed by atoms with van der Waals surface area (Å²) in [4.78, 5) is 41.8. The molecule has 3 aromatic rings. The highest BCUT2D eigenvalue weighted by Crippen LogP contribution is 2.58. The number of fused-ring (bicyclic) bond motifs is 3. The number of aromatic nitrogens is 3. The van der Waals surface area contributed by atoms with Crippen LogP contribution in [0, 0.1) is 5.41 Å². The summed E-state index contributed by atoms with van der Waals surface area (Å²) in [7, 11) is 3.46. The lowest BCUT2D eigenvalue weighted by atomic mass is 10.0. The molecule has 172 valence electrons. The highest BCUT2D eigenvalue weighted by molar-refractivity contribution is 6.04. The molecule has 0 bridgehead atoms. The summed E-state index contributed by atoms with van der Waals surface area (Å²) >= 11 is 0. The lowest BCUT2D eigenvalue weighted by Crippen LogP contribution is -2.41. The summed E-state index contributed by atoms with van der Waals surface area (Å²) in [6.07, 6.45) is 7.90. The molecule has 2 aliphatic heterocycles. The largest absolute Gasteiger partial charge is 0.474 e. The molecule has 3 aliphatic rings. The number of ether oxygens (including phenoxy) is 1. The number of anilines is 3. The van der Waals surface area contributed by atoms with Crippen LogP contribution in [0.25, 0.3) is 11.1 Å². The Morgan fingerprint density at radius 3 is 2.50 bits per heavy atom. The van der Waals surface area contributed by atoms with Crippen LogP contribution in [0.2, 0.25) is 0 Å². The van der Waals surface area contributed by atoms with Gasteiger partial charge in [-0.2, -0.15) is 0 Å². The van der Waals surface area contributed by atoms with Crippen LogP contribution in [-0.4, -0.2) is 58.4 Å². The van der Waals surface area contributed by atoms with Crippen LogP contribution in [-0.2, 0) is 4.79 Å². The molecular weight excluding hydrogens is 432 g/mol. The number of carbonyl (C=O) groups excluding carboxylic acids is 2. The van der Waals surface area contributed by atoms with Gasteiger partial charge in [0.15, 0.2) is 0 Å². The van der Waals surface area contributed by atoms with E-state index in [1.54, 1.807) is 49.7 Å². The third kappa shape index (κ3) is 3.35. The molecule has 1 atom stereocenters. The third-order valence-electron chi connectivity index (χ3n) is 6.80. The molecular formula is C25H24N6O3. The molecule has 2 fully saturated rings. The number of amides is 2. The molecule has 1 saturated heterocycles. The maximum Gasteiger partial charge on any atom is 0.253 e. The number of nitrogens with zero attached hydrogens (tertiary/aromatic N) is 5. The Bertz CT molecular complexity index is 1290. The molecule has 34 heavy (non-hydrogen) atoms. The van der Waals surface area contributed by atoms with E-state index < -0.39 is 0 Å². The Labute approximate surface area is 196 Å². The van der Waals surface area contributed by atoms with Gasteiger partial charge >= 0.3 is 0 Å². The van der Waals surface area contributed by atoms with E-state index in [1.807, 2.05) is 23.1 Å². The van der Waals surface area contributed by atoms with E-state index >= 15 is 0 Å². The fraction of sp³-hybridized carbons (Fsp3) is 0.320. The Balaban J connectivity index is 1.20. The molecule has 1 aromatic carbocycles. The van der Waals surface area contributed by atoms with Gasteiger partial charge in [-0.15, -0.1) is 0 Å². The standard InChI is InChI=1S/C25H24N6O3/c1-30(2)22(32)16-5-3-15(4-6-16)17-11-27-24(28-12-17)29-18-9-20-21(26-13-18)34-14-19-10-25(7-8-25)23(33)31(19)20/h3-6,9,11-13,19H,7-8,10,14H2,1-2H3,(H,27,28,29)/t19-/m0/s1. The highest BCUT2D eigenvalue weighted by atomic mass is 16.5. The molecule has 1 aliphatic carbocycles. The normalized spacial score (nSPS) is 19.3. The molecule has 1 N–H and O–H groups in total. The zero-order chi connectivity index (χ0) is 23.4. The maximum absolute atomic E-state index is 13.0. The van der Waals surface area contributed by atoms with Gasteiger partial charge in [0.25, 0.3) is 5.91 Å². The number of carbonyl (C=O) groups is 2. The average Bonchev–Trinajstić information content (AvgIpc) is 3.58. The summed E-state index contributed by atoms with van der Waals surface area (Å²) in [5, 5.41) is 3.17. The van der Waals surface area contributed by atoms with E-state index in [9.17, 15) is 9.59 Å². The molecule has 4 heterocycles. The van der Waals surface area contributed by atoms with Crippen molar-refractivity contribution in [2.75, 3.05) is 30.9 Å². The molecule has 0 radical (unpaired) electrons. The molecule has 2 amide bonds. The lowest BCUT2D eigenvalue weighted by Gasteiger charge is -2.31. The topological polar surface area (TPSA) is 101 Å². The number of nitrogens with one attached hydrogen (secondary N) is 1. The van der Waals surface area contributed by atoms with Crippen molar-refractivity contribution in [3.8, 4) is 17.0 Å². The fourth-order valence-corrected chi connectivity index (χ4v) is 4.76. The van der Waals surface area contributed by atoms with E-state index in [2.05, 4.69) is 20.3 Å². The molecule has 9 nitrogen and oxygen atoms in total. The van der Waals surface area contributed by atoms with Crippen molar-refractivity contribution < 1.29 is 14.3 Å². The Hall–Kier alpha value is -4.01. The van der Waals surface area contributed by atoms with E-state index in [-0.39, 0.29) is 23.3 Å². The van der Waals surface area contributed by atoms with Crippen molar-refractivity contribution >= 4 is 29.1 Å². The van der Waals surface area contributed by atoms with E-state index in [1.165, 1.54) is 0 Å². The van der Waals surface area contributed by atoms with E-state index in [0.717, 1.165) is 30.4 Å². The Morgan fingerprint density at radius 2 is 1.82 bits per heavy atom. The SMILES string of the molecule is CN(C)C(=O)c1ccc(-c2cnc(Nc3cnc4c(c3)N3C(=O)C5(CC5)C[C@H]3CO4)nc2)cc1. The monoisotopic (exact) mass is 456 g/mol. The van der Waals surface area contributed by atoms with E-state index in [0.29, 0.717) is 35.4 Å². The number of hydrogen-bond acceptors (Lipinski definition) is 7. The number of hydrogen-bond donors (Lipinski definition) is 1. The lowest BCUT2D eigenvalue weighted by molar-refractivity contribution is -0.121. The molecule has 0 unspecified atom stereocenters. The van der Waals surface area contributed by atoms with Gasteiger partial charge in [0.2, 0.25) is 17.7 Å². The first-order valence-electron chi connectivity index (χ1n) is 11.3. The van der Waals surface area contributed by atoms with Gasteiger partial charge in [-0.3, -0.25) is 9.59 Å². The van der Waals surface area contributed by atoms with Crippen molar-refractivity contribution in [2.45, 2.75) is 25.3 Å². The van der Waals surface area contributed by atoms with Crippen LogP contribution in [0.3, 0.4) is 0 Å². The molecule has 1 spiro atoms. The summed E-state index contributed by atoms with van der Waals surface area (Å²) in [6, 6.07) is 9.31. The van der Waals surface area contributed by atoms with Crippen molar-refractivity contribution in [2.24, 2.45) is 5.41 Å². The smallest absolute Gasteiger partial charge is 0.253 e. The molecule has 6 rings (SSSR count). The first kappa shape index (κ1) is 20.6. The molecule has 2 aromatic heterocycles. The van der Waals surface area contributed by atoms with Crippen LogP contribution < -0.4 is 15.0 Å². The minimum absolute atomic E-state index is 0.0411. The van der Waals surface area contributed by atoms with Crippen LogP contribution >= 0.6 is 0 Å². The molecule has 1 saturated carbocycles. The first-order valence-corrected chi connectivity index (χ1v) is 11.3. The van der Waals surface area contributed by atoms with Gasteiger partial charge in [0, 0.05) is 37.6 Å². The first-order chi connectivity index (χ1) is 16.4. The van der Waals surface area contributed by atoms with Crippen LogP contribution in [0.5, 0.6) is 5.88 Å². The second-order valence-corrected chi connectivity index (χ2v) is 9.37. The van der Waals surface area contributed by atoms with Gasteiger partial charge in [-0.05, 0) is 43.0 Å². The van der Waals surface area contributed by atoms with Gasteiger partial charge in [-0.1, -0.05) is 12.1 Å². The minimum atomic E-state index is -0.171. The van der Waals surface area contributed by atoms with Crippen molar-refractivity contribution in [3.05, 3.63) is 54.5 Å². The van der Waals surface area contributed by atoms with Gasteiger partial charge in [0.05, 0.1) is 23.3 Å². The predicted molar refractivity (Wildman–Crippen MR) is 126 cm³/mol. The maximum atomic E-state index is 13.0. The van der Waals surface area contributed by atoms with Gasteiger partial charge < -0.3 is 19.9 Å². The average molecular weight is 457 g/mol. The zero-order valence-corrected chi connectivity index (χ0v) is 19.0. The zero-order valence-electron chi connectivity index (χ0n) is 19.0. The van der Waals surface area contributed by atoms with E-state index in [4.69, 9.17) is 4.74 Å². The van der Waals surface area contributed by atoms with Crippen molar-refractivity contribution in [3.63, 3.8) is 0 Å². The van der Waals surface area contributed by atoms with Gasteiger partial charge in [0.1, 0.15) is 12.3 Å². The summed E-state index contributed by atoms with van der Waals surface area (Å²) in [6.45, 7) is 0.495. The Kier molecular flexibility index (Phi) is 4.55. The third-order valence-corrected chi connectivity index (χ3v) is 6.80. The van der Waals surface area contributed by atoms with Crippen LogP contribution in [0.1, 0.15) is 29.6 Å². The van der Waals surface area contributed by atoms with Crippen molar-refractivity contribution in [1.82, 2.24) is 19.9 Å². The second kappa shape index (κ2) is 7.51. The summed E-state index contributed by atoms with van der Waals surface area (Å²) in [5.74, 6) is 1.06.